The third-order valence-electron chi connectivity index (χ3n) is 2.51. The first-order valence-electron chi connectivity index (χ1n) is 5.26. The van der Waals surface area contributed by atoms with E-state index < -0.39 is 6.04 Å². The molecule has 4 heteroatoms. The van der Waals surface area contributed by atoms with E-state index in [1.54, 1.807) is 0 Å². The SMILES string of the molecule is CCCCCCN1C(=O)C[C@@H](N)C1=O. The van der Waals surface area contributed by atoms with E-state index in [9.17, 15) is 9.59 Å². The Morgan fingerprint density at radius 2 is 2.07 bits per heavy atom. The zero-order valence-electron chi connectivity index (χ0n) is 8.66. The van der Waals surface area contributed by atoms with E-state index in [2.05, 4.69) is 6.92 Å². The van der Waals surface area contributed by atoms with Gasteiger partial charge in [-0.25, -0.2) is 0 Å². The molecule has 0 aromatic carbocycles. The molecule has 0 unspecified atom stereocenters. The molecule has 1 atom stereocenters. The summed E-state index contributed by atoms with van der Waals surface area (Å²) in [4.78, 5) is 23.9. The van der Waals surface area contributed by atoms with Gasteiger partial charge in [0.2, 0.25) is 11.8 Å². The lowest BCUT2D eigenvalue weighted by atomic mass is 10.2. The van der Waals surface area contributed by atoms with Crippen molar-refractivity contribution in [2.75, 3.05) is 6.54 Å². The molecule has 0 radical (unpaired) electrons. The van der Waals surface area contributed by atoms with Crippen LogP contribution in [-0.2, 0) is 9.59 Å². The molecule has 0 aliphatic carbocycles. The summed E-state index contributed by atoms with van der Waals surface area (Å²) in [6.07, 6.45) is 4.47. The van der Waals surface area contributed by atoms with Crippen molar-refractivity contribution >= 4 is 11.8 Å². The Labute approximate surface area is 84.4 Å². The van der Waals surface area contributed by atoms with Crippen molar-refractivity contribution < 1.29 is 9.59 Å². The highest BCUT2D eigenvalue weighted by atomic mass is 16.2. The smallest absolute Gasteiger partial charge is 0.246 e. The van der Waals surface area contributed by atoms with Crippen molar-refractivity contribution in [2.45, 2.75) is 45.1 Å². The van der Waals surface area contributed by atoms with Crippen LogP contribution in [0.15, 0.2) is 0 Å². The van der Waals surface area contributed by atoms with Crippen LogP contribution in [-0.4, -0.2) is 29.3 Å². The van der Waals surface area contributed by atoms with Crippen molar-refractivity contribution in [3.05, 3.63) is 0 Å². The topological polar surface area (TPSA) is 63.4 Å². The summed E-state index contributed by atoms with van der Waals surface area (Å²) in [5.74, 6) is -0.314. The van der Waals surface area contributed by atoms with Gasteiger partial charge in [0.1, 0.15) is 0 Å². The second kappa shape index (κ2) is 5.10. The number of nitrogens with two attached hydrogens (primary N) is 1. The van der Waals surface area contributed by atoms with Gasteiger partial charge in [0, 0.05) is 6.54 Å². The van der Waals surface area contributed by atoms with Crippen molar-refractivity contribution in [3.8, 4) is 0 Å². The van der Waals surface area contributed by atoms with E-state index in [0.29, 0.717) is 6.54 Å². The lowest BCUT2D eigenvalue weighted by Crippen LogP contribution is -2.35. The highest BCUT2D eigenvalue weighted by molar-refractivity contribution is 6.05. The van der Waals surface area contributed by atoms with Crippen LogP contribution in [0.1, 0.15) is 39.0 Å². The Balaban J connectivity index is 2.30. The Kier molecular flexibility index (Phi) is 4.07. The van der Waals surface area contributed by atoms with Gasteiger partial charge in [0.15, 0.2) is 0 Å². The fourth-order valence-electron chi connectivity index (χ4n) is 1.64. The van der Waals surface area contributed by atoms with Gasteiger partial charge in [0.05, 0.1) is 12.5 Å². The molecule has 4 nitrogen and oxygen atoms in total. The molecule has 2 amide bonds. The Morgan fingerprint density at radius 1 is 1.36 bits per heavy atom. The fourth-order valence-corrected chi connectivity index (χ4v) is 1.64. The number of likely N-dealkylation sites (tertiary alicyclic amines) is 1. The fraction of sp³-hybridized carbons (Fsp3) is 0.800. The average molecular weight is 198 g/mol. The van der Waals surface area contributed by atoms with Crippen LogP contribution < -0.4 is 5.73 Å². The minimum absolute atomic E-state index is 0.112. The van der Waals surface area contributed by atoms with E-state index >= 15 is 0 Å². The quantitative estimate of drug-likeness (QED) is 0.521. The van der Waals surface area contributed by atoms with Crippen LogP contribution in [0.25, 0.3) is 0 Å². The standard InChI is InChI=1S/C10H18N2O2/c1-2-3-4-5-6-12-9(13)7-8(11)10(12)14/h8H,2-7,11H2,1H3/t8-/m1/s1. The lowest BCUT2D eigenvalue weighted by molar-refractivity contribution is -0.138. The van der Waals surface area contributed by atoms with Crippen LogP contribution in [0.4, 0.5) is 0 Å². The highest BCUT2D eigenvalue weighted by Gasteiger charge is 2.35. The third kappa shape index (κ3) is 2.54. The average Bonchev–Trinajstić information content (AvgIpc) is 2.38. The molecule has 0 aromatic heterocycles. The molecular formula is C10H18N2O2. The predicted octanol–water partition coefficient (Wildman–Crippen LogP) is 0.653. The molecule has 1 rings (SSSR count). The van der Waals surface area contributed by atoms with Crippen LogP contribution in [0, 0.1) is 0 Å². The number of nitrogens with zero attached hydrogens (tertiary/aromatic N) is 1. The number of rotatable bonds is 5. The number of carbonyl (C=O) groups excluding carboxylic acids is 2. The molecule has 1 aliphatic rings. The molecule has 2 N–H and O–H groups in total. The minimum Gasteiger partial charge on any atom is -0.319 e. The van der Waals surface area contributed by atoms with E-state index in [1.165, 1.54) is 4.90 Å². The molecule has 14 heavy (non-hydrogen) atoms. The van der Waals surface area contributed by atoms with Crippen molar-refractivity contribution in [3.63, 3.8) is 0 Å². The number of hydrogen-bond acceptors (Lipinski definition) is 3. The summed E-state index contributed by atoms with van der Waals surface area (Å²) in [6.45, 7) is 2.67. The molecule has 1 saturated heterocycles. The van der Waals surface area contributed by atoms with Gasteiger partial charge in [0.25, 0.3) is 0 Å². The van der Waals surface area contributed by atoms with E-state index in [-0.39, 0.29) is 18.2 Å². The van der Waals surface area contributed by atoms with Gasteiger partial charge in [-0.2, -0.15) is 0 Å². The Bertz CT molecular complexity index is 228. The molecule has 80 valence electrons. The van der Waals surface area contributed by atoms with Crippen molar-refractivity contribution in [1.29, 1.82) is 0 Å². The lowest BCUT2D eigenvalue weighted by Gasteiger charge is -2.13. The molecule has 0 aromatic rings. The molecule has 1 aliphatic heterocycles. The summed E-state index contributed by atoms with van der Waals surface area (Å²) in [5.41, 5.74) is 5.48. The summed E-state index contributed by atoms with van der Waals surface area (Å²) < 4.78 is 0. The van der Waals surface area contributed by atoms with Crippen molar-refractivity contribution in [1.82, 2.24) is 4.90 Å². The molecule has 0 bridgehead atoms. The van der Waals surface area contributed by atoms with Gasteiger partial charge in [-0.1, -0.05) is 26.2 Å². The summed E-state index contributed by atoms with van der Waals surface area (Å²) in [7, 11) is 0. The minimum atomic E-state index is -0.589. The van der Waals surface area contributed by atoms with Gasteiger partial charge < -0.3 is 5.73 Å². The van der Waals surface area contributed by atoms with Gasteiger partial charge in [-0.3, -0.25) is 14.5 Å². The maximum Gasteiger partial charge on any atom is 0.246 e. The van der Waals surface area contributed by atoms with Gasteiger partial charge in [-0.15, -0.1) is 0 Å². The van der Waals surface area contributed by atoms with E-state index in [0.717, 1.165) is 25.7 Å². The highest BCUT2D eigenvalue weighted by Crippen LogP contribution is 2.12. The number of hydrogen-bond donors (Lipinski definition) is 1. The number of carbonyl (C=O) groups is 2. The number of imide groups is 1. The molecule has 0 spiro atoms. The predicted molar refractivity (Wildman–Crippen MR) is 53.5 cm³/mol. The summed E-state index contributed by atoms with van der Waals surface area (Å²) in [6, 6.07) is -0.589. The van der Waals surface area contributed by atoms with Crippen molar-refractivity contribution in [2.24, 2.45) is 5.73 Å². The molecular weight excluding hydrogens is 180 g/mol. The first kappa shape index (κ1) is 11.2. The first-order chi connectivity index (χ1) is 6.66. The number of unbranched alkanes of at least 4 members (excludes halogenated alkanes) is 3. The van der Waals surface area contributed by atoms with Gasteiger partial charge >= 0.3 is 0 Å². The van der Waals surface area contributed by atoms with Crippen LogP contribution in [0.3, 0.4) is 0 Å². The van der Waals surface area contributed by atoms with Crippen LogP contribution in [0.2, 0.25) is 0 Å². The van der Waals surface area contributed by atoms with E-state index in [1.807, 2.05) is 0 Å². The summed E-state index contributed by atoms with van der Waals surface area (Å²) in [5, 5.41) is 0. The van der Waals surface area contributed by atoms with Gasteiger partial charge in [-0.05, 0) is 6.42 Å². The zero-order chi connectivity index (χ0) is 10.6. The second-order valence-corrected chi connectivity index (χ2v) is 3.75. The number of amides is 2. The molecule has 0 saturated carbocycles. The molecule has 1 fully saturated rings. The third-order valence-corrected chi connectivity index (χ3v) is 2.51. The zero-order valence-corrected chi connectivity index (χ0v) is 8.66. The van der Waals surface area contributed by atoms with E-state index in [4.69, 9.17) is 5.73 Å². The van der Waals surface area contributed by atoms with Crippen LogP contribution in [0.5, 0.6) is 0 Å². The second-order valence-electron chi connectivity index (χ2n) is 3.75. The first-order valence-corrected chi connectivity index (χ1v) is 5.26. The maximum atomic E-state index is 11.4. The maximum absolute atomic E-state index is 11.4. The monoisotopic (exact) mass is 198 g/mol. The Morgan fingerprint density at radius 3 is 2.57 bits per heavy atom. The normalized spacial score (nSPS) is 22.1. The van der Waals surface area contributed by atoms with Crippen LogP contribution >= 0.6 is 0 Å². The Hall–Kier alpha value is -0.900. The largest absolute Gasteiger partial charge is 0.319 e. The molecule has 1 heterocycles. The summed E-state index contributed by atoms with van der Waals surface area (Å²) >= 11 is 0.